The van der Waals surface area contributed by atoms with Crippen molar-refractivity contribution in [2.45, 2.75) is 19.3 Å². The highest BCUT2D eigenvalue weighted by molar-refractivity contribution is 5.82. The van der Waals surface area contributed by atoms with Gasteiger partial charge in [0, 0.05) is 11.6 Å². The summed E-state index contributed by atoms with van der Waals surface area (Å²) in [7, 11) is 0. The van der Waals surface area contributed by atoms with Crippen LogP contribution in [0.15, 0.2) is 36.5 Å². The minimum atomic E-state index is 0.780. The third-order valence-corrected chi connectivity index (χ3v) is 3.19. The van der Waals surface area contributed by atoms with Crippen LogP contribution in [0.4, 0.5) is 0 Å². The summed E-state index contributed by atoms with van der Waals surface area (Å²) in [5.74, 6) is 1.64. The molecular formula is C13H13N. The number of aromatic nitrogens is 1. The molecule has 0 spiro atoms. The van der Waals surface area contributed by atoms with Gasteiger partial charge in [0.25, 0.3) is 0 Å². The van der Waals surface area contributed by atoms with Crippen LogP contribution >= 0.6 is 0 Å². The Morgan fingerprint density at radius 2 is 2.00 bits per heavy atom. The molecule has 3 rings (SSSR count). The fourth-order valence-corrected chi connectivity index (χ4v) is 2.20. The van der Waals surface area contributed by atoms with Gasteiger partial charge in [0.1, 0.15) is 0 Å². The molecule has 0 saturated heterocycles. The third kappa shape index (κ3) is 1.12. The Hall–Kier alpha value is -1.37. The zero-order chi connectivity index (χ0) is 9.54. The van der Waals surface area contributed by atoms with E-state index in [2.05, 4.69) is 42.2 Å². The van der Waals surface area contributed by atoms with Crippen molar-refractivity contribution in [2.24, 2.45) is 5.92 Å². The zero-order valence-corrected chi connectivity index (χ0v) is 8.27. The molecule has 0 aliphatic heterocycles. The number of fused-ring (bicyclic) bond motifs is 1. The molecule has 1 heterocycles. The van der Waals surface area contributed by atoms with Gasteiger partial charge in [-0.15, -0.1) is 0 Å². The van der Waals surface area contributed by atoms with Crippen LogP contribution in [0.2, 0.25) is 0 Å². The van der Waals surface area contributed by atoms with E-state index in [9.17, 15) is 0 Å². The number of hydrogen-bond donors (Lipinski definition) is 0. The lowest BCUT2D eigenvalue weighted by Crippen LogP contribution is -1.86. The van der Waals surface area contributed by atoms with Gasteiger partial charge in [-0.2, -0.15) is 0 Å². The summed E-state index contributed by atoms with van der Waals surface area (Å²) in [5.41, 5.74) is 2.62. The first-order valence-electron chi connectivity index (χ1n) is 5.20. The monoisotopic (exact) mass is 183 g/mol. The standard InChI is InChI=1S/C13H13N/c1-9-8-12(9)10-6-7-14-13-5-3-2-4-11(10)13/h2-7,9,12H,8H2,1H3/t9-,12-/m1/s1. The summed E-state index contributed by atoms with van der Waals surface area (Å²) in [6.07, 6.45) is 3.27. The topological polar surface area (TPSA) is 12.9 Å². The van der Waals surface area contributed by atoms with E-state index in [0.717, 1.165) is 17.4 Å². The molecule has 1 aromatic carbocycles. The summed E-state index contributed by atoms with van der Waals surface area (Å²) in [4.78, 5) is 4.38. The minimum absolute atomic E-state index is 0.780. The molecule has 70 valence electrons. The maximum absolute atomic E-state index is 4.38. The summed E-state index contributed by atoms with van der Waals surface area (Å²) >= 11 is 0. The van der Waals surface area contributed by atoms with E-state index in [4.69, 9.17) is 0 Å². The summed E-state index contributed by atoms with van der Waals surface area (Å²) in [6, 6.07) is 10.6. The van der Waals surface area contributed by atoms with E-state index in [-0.39, 0.29) is 0 Å². The molecule has 0 bridgehead atoms. The number of para-hydroxylation sites is 1. The fourth-order valence-electron chi connectivity index (χ4n) is 2.20. The van der Waals surface area contributed by atoms with Crippen LogP contribution in [0.25, 0.3) is 10.9 Å². The second-order valence-electron chi connectivity index (χ2n) is 4.24. The second kappa shape index (κ2) is 2.81. The van der Waals surface area contributed by atoms with Crippen molar-refractivity contribution < 1.29 is 0 Å². The number of pyridine rings is 1. The molecule has 0 N–H and O–H groups in total. The summed E-state index contributed by atoms with van der Waals surface area (Å²) < 4.78 is 0. The van der Waals surface area contributed by atoms with Crippen LogP contribution < -0.4 is 0 Å². The first-order valence-corrected chi connectivity index (χ1v) is 5.20. The van der Waals surface area contributed by atoms with Crippen LogP contribution in [0.5, 0.6) is 0 Å². The normalized spacial score (nSPS) is 25.2. The Kier molecular flexibility index (Phi) is 1.60. The van der Waals surface area contributed by atoms with Crippen LogP contribution in [0.1, 0.15) is 24.8 Å². The van der Waals surface area contributed by atoms with Gasteiger partial charge in [-0.05, 0) is 36.0 Å². The number of benzene rings is 1. The molecule has 0 radical (unpaired) electrons. The van der Waals surface area contributed by atoms with Crippen LogP contribution in [0, 0.1) is 5.92 Å². The first kappa shape index (κ1) is 7.98. The van der Waals surface area contributed by atoms with Gasteiger partial charge in [0.2, 0.25) is 0 Å². The number of hydrogen-bond acceptors (Lipinski definition) is 1. The Labute approximate surface area is 83.8 Å². The molecular weight excluding hydrogens is 170 g/mol. The van der Waals surface area contributed by atoms with E-state index in [1.807, 2.05) is 6.20 Å². The maximum Gasteiger partial charge on any atom is 0.0704 e. The lowest BCUT2D eigenvalue weighted by molar-refractivity contribution is 0.918. The van der Waals surface area contributed by atoms with Gasteiger partial charge in [0.15, 0.2) is 0 Å². The Morgan fingerprint density at radius 1 is 1.21 bits per heavy atom. The Bertz CT molecular complexity index is 470. The first-order chi connectivity index (χ1) is 6.86. The van der Waals surface area contributed by atoms with Crippen molar-refractivity contribution in [3.63, 3.8) is 0 Å². The molecule has 0 unspecified atom stereocenters. The molecule has 1 fully saturated rings. The van der Waals surface area contributed by atoms with Crippen molar-refractivity contribution in [3.8, 4) is 0 Å². The smallest absolute Gasteiger partial charge is 0.0704 e. The highest BCUT2D eigenvalue weighted by atomic mass is 14.6. The van der Waals surface area contributed by atoms with Crippen molar-refractivity contribution in [3.05, 3.63) is 42.1 Å². The highest BCUT2D eigenvalue weighted by Crippen LogP contribution is 2.48. The minimum Gasteiger partial charge on any atom is -0.256 e. The lowest BCUT2D eigenvalue weighted by atomic mass is 10.0. The van der Waals surface area contributed by atoms with Gasteiger partial charge < -0.3 is 0 Å². The van der Waals surface area contributed by atoms with Crippen LogP contribution in [-0.2, 0) is 0 Å². The quantitative estimate of drug-likeness (QED) is 0.660. The Morgan fingerprint density at radius 3 is 2.79 bits per heavy atom. The van der Waals surface area contributed by atoms with Gasteiger partial charge in [-0.25, -0.2) is 0 Å². The van der Waals surface area contributed by atoms with E-state index in [0.29, 0.717) is 0 Å². The summed E-state index contributed by atoms with van der Waals surface area (Å²) in [5, 5.41) is 1.34. The molecule has 1 saturated carbocycles. The lowest BCUT2D eigenvalue weighted by Gasteiger charge is -2.03. The molecule has 0 amide bonds. The van der Waals surface area contributed by atoms with Crippen LogP contribution in [-0.4, -0.2) is 4.98 Å². The predicted octanol–water partition coefficient (Wildman–Crippen LogP) is 3.36. The van der Waals surface area contributed by atoms with Gasteiger partial charge in [0.05, 0.1) is 5.52 Å². The average Bonchev–Trinajstić information content (AvgIpc) is 2.95. The third-order valence-electron chi connectivity index (χ3n) is 3.19. The molecule has 1 nitrogen and oxygen atoms in total. The molecule has 14 heavy (non-hydrogen) atoms. The van der Waals surface area contributed by atoms with Crippen molar-refractivity contribution in [1.29, 1.82) is 0 Å². The Balaban J connectivity index is 2.23. The molecule has 2 aromatic rings. The van der Waals surface area contributed by atoms with E-state index in [1.165, 1.54) is 17.4 Å². The number of rotatable bonds is 1. The molecule has 2 atom stereocenters. The second-order valence-corrected chi connectivity index (χ2v) is 4.24. The van der Waals surface area contributed by atoms with Crippen molar-refractivity contribution >= 4 is 10.9 Å². The molecule has 1 aromatic heterocycles. The molecule has 1 aliphatic carbocycles. The van der Waals surface area contributed by atoms with E-state index in [1.54, 1.807) is 0 Å². The van der Waals surface area contributed by atoms with Gasteiger partial charge in [-0.1, -0.05) is 25.1 Å². The van der Waals surface area contributed by atoms with Crippen molar-refractivity contribution in [1.82, 2.24) is 4.98 Å². The molecule has 1 aliphatic rings. The van der Waals surface area contributed by atoms with Gasteiger partial charge >= 0.3 is 0 Å². The highest BCUT2D eigenvalue weighted by Gasteiger charge is 2.34. The predicted molar refractivity (Wildman–Crippen MR) is 58.3 cm³/mol. The largest absolute Gasteiger partial charge is 0.256 e. The average molecular weight is 183 g/mol. The summed E-state index contributed by atoms with van der Waals surface area (Å²) in [6.45, 7) is 2.32. The maximum atomic E-state index is 4.38. The fraction of sp³-hybridized carbons (Fsp3) is 0.308. The van der Waals surface area contributed by atoms with E-state index < -0.39 is 0 Å². The molecule has 1 heteroatoms. The SMILES string of the molecule is C[C@@H]1C[C@H]1c1ccnc2ccccc12. The number of nitrogens with zero attached hydrogens (tertiary/aromatic N) is 1. The zero-order valence-electron chi connectivity index (χ0n) is 8.27. The van der Waals surface area contributed by atoms with E-state index >= 15 is 0 Å². The van der Waals surface area contributed by atoms with Crippen molar-refractivity contribution in [2.75, 3.05) is 0 Å². The van der Waals surface area contributed by atoms with Gasteiger partial charge in [-0.3, -0.25) is 4.98 Å². The van der Waals surface area contributed by atoms with Crippen LogP contribution in [0.3, 0.4) is 0 Å².